The molecule has 0 aliphatic carbocycles. The van der Waals surface area contributed by atoms with E-state index in [0.29, 0.717) is 15.6 Å². The van der Waals surface area contributed by atoms with E-state index >= 15 is 0 Å². The summed E-state index contributed by atoms with van der Waals surface area (Å²) in [5.74, 6) is -2.26. The number of hydrogen-bond acceptors (Lipinski definition) is 7. The Kier molecular flexibility index (Phi) is 5.82. The Morgan fingerprint density at radius 2 is 1.41 bits per heavy atom. The smallest absolute Gasteiger partial charge is 0.259 e. The third-order valence-electron chi connectivity index (χ3n) is 4.60. The third kappa shape index (κ3) is 4.02. The van der Waals surface area contributed by atoms with Crippen LogP contribution in [-0.4, -0.2) is 30.1 Å². The third-order valence-corrected chi connectivity index (χ3v) is 5.57. The first-order valence-corrected chi connectivity index (χ1v) is 10.4. The Morgan fingerprint density at radius 3 is 1.94 bits per heavy atom. The number of nitrogens with one attached hydrogen (secondary N) is 4. The summed E-state index contributed by atoms with van der Waals surface area (Å²) in [6.45, 7) is 0. The van der Waals surface area contributed by atoms with Crippen LogP contribution in [0.4, 0.5) is 0 Å². The summed E-state index contributed by atoms with van der Waals surface area (Å²) < 4.78 is 5.64. The van der Waals surface area contributed by atoms with E-state index in [2.05, 4.69) is 19.9 Å². The maximum atomic E-state index is 12.7. The molecule has 6 N–H and O–H groups in total. The van der Waals surface area contributed by atoms with Crippen molar-refractivity contribution in [3.63, 3.8) is 0 Å². The average Bonchev–Trinajstić information content (AvgIpc) is 3.16. The minimum Gasteiger partial charge on any atom is -0.494 e. The summed E-state index contributed by atoms with van der Waals surface area (Å²) in [4.78, 5) is 34.9. The highest BCUT2D eigenvalue weighted by molar-refractivity contribution is 7.71. The lowest BCUT2D eigenvalue weighted by molar-refractivity contribution is 0.420. The highest BCUT2D eigenvalue weighted by Crippen LogP contribution is 2.39. The molecule has 0 saturated heterocycles. The van der Waals surface area contributed by atoms with Gasteiger partial charge in [0, 0.05) is 10.6 Å². The van der Waals surface area contributed by atoms with Gasteiger partial charge in [0.1, 0.15) is 11.5 Å². The molecule has 3 aromatic heterocycles. The average molecular weight is 511 g/mol. The molecular weight excluding hydrogens is 499 g/mol. The monoisotopic (exact) mass is 510 g/mol. The molecular formula is C19H12Cl2N4O5S2. The highest BCUT2D eigenvalue weighted by atomic mass is 35.5. The fraction of sp³-hybridized carbons (Fsp3) is 0.0526. The van der Waals surface area contributed by atoms with Gasteiger partial charge in [0.05, 0.1) is 22.1 Å². The molecule has 0 aliphatic rings. The summed E-state index contributed by atoms with van der Waals surface area (Å²) in [7, 11) is 0. The van der Waals surface area contributed by atoms with E-state index in [1.165, 1.54) is 6.07 Å². The lowest BCUT2D eigenvalue weighted by atomic mass is 9.91. The molecule has 4 rings (SSSR count). The molecule has 0 radical (unpaired) electrons. The summed E-state index contributed by atoms with van der Waals surface area (Å²) in [6.07, 6.45) is 0. The molecule has 0 fully saturated rings. The summed E-state index contributed by atoms with van der Waals surface area (Å²) >= 11 is 22.0. The van der Waals surface area contributed by atoms with Crippen molar-refractivity contribution in [2.45, 2.75) is 5.92 Å². The van der Waals surface area contributed by atoms with Gasteiger partial charge in [0.15, 0.2) is 21.3 Å². The molecule has 9 nitrogen and oxygen atoms in total. The Bertz CT molecular complexity index is 1510. The normalized spacial score (nSPS) is 11.2. The molecule has 164 valence electrons. The van der Waals surface area contributed by atoms with Crippen LogP contribution in [0.25, 0.3) is 11.3 Å². The van der Waals surface area contributed by atoms with Crippen molar-refractivity contribution in [1.82, 2.24) is 19.9 Å². The van der Waals surface area contributed by atoms with Crippen molar-refractivity contribution in [3.05, 3.63) is 87.5 Å². The van der Waals surface area contributed by atoms with Gasteiger partial charge in [-0.05, 0) is 54.8 Å². The molecule has 1 aromatic carbocycles. The van der Waals surface area contributed by atoms with E-state index in [1.807, 2.05) is 0 Å². The van der Waals surface area contributed by atoms with Crippen molar-refractivity contribution in [2.75, 3.05) is 0 Å². The zero-order valence-corrected chi connectivity index (χ0v) is 18.8. The van der Waals surface area contributed by atoms with Crippen LogP contribution in [0.5, 0.6) is 11.8 Å². The van der Waals surface area contributed by atoms with Crippen molar-refractivity contribution in [2.24, 2.45) is 0 Å². The lowest BCUT2D eigenvalue weighted by Gasteiger charge is -2.16. The van der Waals surface area contributed by atoms with Crippen LogP contribution in [0.15, 0.2) is 44.3 Å². The quantitative estimate of drug-likeness (QED) is 0.223. The SMILES string of the molecule is O=c1[nH]c(=S)[nH]c(O)c1C(c1ccc(-c2cc(Cl)ccc2Cl)o1)c1c(O)[nH]c(=S)[nH]c1=O. The number of halogens is 2. The van der Waals surface area contributed by atoms with Gasteiger partial charge in [-0.25, -0.2) is 0 Å². The predicted octanol–water partition coefficient (Wildman–Crippen LogP) is 4.34. The van der Waals surface area contributed by atoms with Gasteiger partial charge >= 0.3 is 0 Å². The largest absolute Gasteiger partial charge is 0.494 e. The number of aromatic nitrogens is 4. The zero-order valence-electron chi connectivity index (χ0n) is 15.7. The number of aromatic amines is 4. The lowest BCUT2D eigenvalue weighted by Crippen LogP contribution is -2.25. The van der Waals surface area contributed by atoms with E-state index in [-0.39, 0.29) is 32.2 Å². The van der Waals surface area contributed by atoms with Crippen LogP contribution < -0.4 is 11.1 Å². The Labute approximate surface area is 198 Å². The second-order valence-electron chi connectivity index (χ2n) is 6.60. The van der Waals surface area contributed by atoms with Crippen molar-refractivity contribution < 1.29 is 14.6 Å². The molecule has 32 heavy (non-hydrogen) atoms. The molecule has 0 unspecified atom stereocenters. The standard InChI is InChI=1S/C19H12Cl2N4O5S2/c20-6-1-2-8(21)7(5-6)9-3-4-10(30-9)11(12-14(26)22-18(31)23-15(12)27)13-16(28)24-19(32)25-17(13)29/h1-5,11H,(H3,22,23,26,27,31)(H3,24,25,28,29,32). The highest BCUT2D eigenvalue weighted by Gasteiger charge is 2.32. The molecule has 0 saturated carbocycles. The first-order chi connectivity index (χ1) is 15.2. The number of benzene rings is 1. The van der Waals surface area contributed by atoms with Gasteiger partial charge in [-0.15, -0.1) is 0 Å². The Balaban J connectivity index is 2.01. The van der Waals surface area contributed by atoms with Crippen LogP contribution in [0.3, 0.4) is 0 Å². The zero-order chi connectivity index (χ0) is 23.2. The van der Waals surface area contributed by atoms with Crippen LogP contribution in [-0.2, 0) is 0 Å². The van der Waals surface area contributed by atoms with Crippen LogP contribution >= 0.6 is 47.6 Å². The van der Waals surface area contributed by atoms with E-state index in [0.717, 1.165) is 0 Å². The second-order valence-corrected chi connectivity index (χ2v) is 8.26. The number of rotatable bonds is 4. The maximum absolute atomic E-state index is 12.7. The first-order valence-electron chi connectivity index (χ1n) is 8.81. The van der Waals surface area contributed by atoms with Gasteiger partial charge in [0.25, 0.3) is 11.1 Å². The number of H-pyrrole nitrogens is 4. The molecule has 3 heterocycles. The molecule has 4 aromatic rings. The molecule has 0 aliphatic heterocycles. The van der Waals surface area contributed by atoms with Crippen molar-refractivity contribution >= 4 is 47.6 Å². The van der Waals surface area contributed by atoms with Crippen molar-refractivity contribution in [1.29, 1.82) is 0 Å². The number of aromatic hydroxyl groups is 2. The first kappa shape index (κ1) is 22.1. The summed E-state index contributed by atoms with van der Waals surface area (Å²) in [5, 5.41) is 21.7. The fourth-order valence-electron chi connectivity index (χ4n) is 3.27. The minimum atomic E-state index is -1.35. The van der Waals surface area contributed by atoms with Crippen LogP contribution in [0.1, 0.15) is 22.8 Å². The van der Waals surface area contributed by atoms with E-state index in [9.17, 15) is 19.8 Å². The molecule has 0 atom stereocenters. The Hall–Kier alpha value is -3.12. The van der Waals surface area contributed by atoms with Gasteiger partial charge in [-0.2, -0.15) is 0 Å². The molecule has 0 amide bonds. The maximum Gasteiger partial charge on any atom is 0.259 e. The van der Waals surface area contributed by atoms with Crippen LogP contribution in [0.2, 0.25) is 10.0 Å². The molecule has 0 spiro atoms. The predicted molar refractivity (Wildman–Crippen MR) is 123 cm³/mol. The number of furan rings is 1. The van der Waals surface area contributed by atoms with Gasteiger partial charge in [-0.3, -0.25) is 19.6 Å². The Morgan fingerprint density at radius 1 is 0.844 bits per heavy atom. The van der Waals surface area contributed by atoms with E-state index in [4.69, 9.17) is 52.1 Å². The molecule has 13 heteroatoms. The summed E-state index contributed by atoms with van der Waals surface area (Å²) in [5.41, 5.74) is -1.76. The number of hydrogen-bond donors (Lipinski definition) is 6. The van der Waals surface area contributed by atoms with Gasteiger partial charge in [-0.1, -0.05) is 23.2 Å². The van der Waals surface area contributed by atoms with E-state index in [1.54, 1.807) is 24.3 Å². The van der Waals surface area contributed by atoms with Crippen molar-refractivity contribution in [3.8, 4) is 23.1 Å². The fourth-order valence-corrected chi connectivity index (χ4v) is 4.03. The molecule has 0 bridgehead atoms. The van der Waals surface area contributed by atoms with Crippen LogP contribution in [0, 0.1) is 9.54 Å². The summed E-state index contributed by atoms with van der Waals surface area (Å²) in [6, 6.07) is 7.79. The minimum absolute atomic E-state index is 0.0358. The van der Waals surface area contributed by atoms with Gasteiger partial charge in [0.2, 0.25) is 0 Å². The topological polar surface area (TPSA) is 151 Å². The van der Waals surface area contributed by atoms with Gasteiger partial charge < -0.3 is 24.6 Å². The van der Waals surface area contributed by atoms with E-state index < -0.39 is 28.8 Å². The second kappa shape index (κ2) is 8.43.